The Morgan fingerprint density at radius 1 is 1.03 bits per heavy atom. The lowest BCUT2D eigenvalue weighted by Gasteiger charge is -2.25. The molecular formula is C22H21F4N3O. The molecule has 1 aromatic heterocycles. The SMILES string of the molecule is Cc1nn(-c2ccc(F)cc2F)c(C)c1CC(=O)N(C)[C@@H](C)c1ccc(F)c(F)c1. The highest BCUT2D eigenvalue weighted by Gasteiger charge is 2.23. The number of likely N-dealkylation sites (N-methyl/N-ethyl adjacent to an activating group) is 1. The van der Waals surface area contributed by atoms with Gasteiger partial charge in [0.15, 0.2) is 17.5 Å². The van der Waals surface area contributed by atoms with Crippen LogP contribution in [0.2, 0.25) is 0 Å². The van der Waals surface area contributed by atoms with Crippen molar-refractivity contribution in [2.75, 3.05) is 7.05 Å². The Kier molecular flexibility index (Phi) is 5.96. The van der Waals surface area contributed by atoms with Crippen LogP contribution in [-0.2, 0) is 11.2 Å². The van der Waals surface area contributed by atoms with E-state index >= 15 is 0 Å². The maximum Gasteiger partial charge on any atom is 0.227 e. The number of nitrogens with zero attached hydrogens (tertiary/aromatic N) is 3. The molecule has 2 aromatic carbocycles. The van der Waals surface area contributed by atoms with Crippen LogP contribution in [0, 0.1) is 37.1 Å². The maximum atomic E-state index is 14.2. The van der Waals surface area contributed by atoms with Crippen molar-refractivity contribution < 1.29 is 22.4 Å². The number of halogens is 4. The highest BCUT2D eigenvalue weighted by atomic mass is 19.2. The lowest BCUT2D eigenvalue weighted by Crippen LogP contribution is -2.31. The molecule has 1 atom stereocenters. The van der Waals surface area contributed by atoms with Gasteiger partial charge in [0.25, 0.3) is 0 Å². The van der Waals surface area contributed by atoms with Crippen LogP contribution < -0.4 is 0 Å². The fourth-order valence-corrected chi connectivity index (χ4v) is 3.31. The van der Waals surface area contributed by atoms with E-state index in [0.29, 0.717) is 22.5 Å². The van der Waals surface area contributed by atoms with Crippen molar-refractivity contribution in [1.82, 2.24) is 14.7 Å². The van der Waals surface area contributed by atoms with E-state index in [-0.39, 0.29) is 18.0 Å². The van der Waals surface area contributed by atoms with Gasteiger partial charge in [-0.2, -0.15) is 5.10 Å². The molecule has 0 radical (unpaired) electrons. The predicted molar refractivity (Wildman–Crippen MR) is 104 cm³/mol. The third kappa shape index (κ3) is 4.08. The lowest BCUT2D eigenvalue weighted by atomic mass is 10.0. The zero-order valence-corrected chi connectivity index (χ0v) is 17.0. The molecule has 3 aromatic rings. The Labute approximate surface area is 171 Å². The first-order valence-electron chi connectivity index (χ1n) is 9.31. The summed E-state index contributed by atoms with van der Waals surface area (Å²) in [6, 6.07) is 6.22. The van der Waals surface area contributed by atoms with Crippen LogP contribution in [0.4, 0.5) is 17.6 Å². The first kappa shape index (κ1) is 21.5. The maximum absolute atomic E-state index is 14.2. The summed E-state index contributed by atoms with van der Waals surface area (Å²) >= 11 is 0. The Morgan fingerprint density at radius 2 is 1.73 bits per heavy atom. The number of rotatable bonds is 5. The highest BCUT2D eigenvalue weighted by molar-refractivity contribution is 5.79. The summed E-state index contributed by atoms with van der Waals surface area (Å²) < 4.78 is 55.4. The Morgan fingerprint density at radius 3 is 2.37 bits per heavy atom. The van der Waals surface area contributed by atoms with E-state index in [1.54, 1.807) is 27.8 Å². The molecule has 0 aliphatic rings. The van der Waals surface area contributed by atoms with Crippen LogP contribution in [0.1, 0.15) is 35.5 Å². The van der Waals surface area contributed by atoms with Gasteiger partial charge < -0.3 is 4.90 Å². The van der Waals surface area contributed by atoms with Crippen LogP contribution in [0.25, 0.3) is 5.69 Å². The number of hydrogen-bond acceptors (Lipinski definition) is 2. The highest BCUT2D eigenvalue weighted by Crippen LogP contribution is 2.24. The van der Waals surface area contributed by atoms with Crippen molar-refractivity contribution in [3.63, 3.8) is 0 Å². The normalized spacial score (nSPS) is 12.1. The average Bonchev–Trinajstić information content (AvgIpc) is 2.97. The molecule has 0 N–H and O–H groups in total. The van der Waals surface area contributed by atoms with Crippen molar-refractivity contribution in [2.45, 2.75) is 33.2 Å². The topological polar surface area (TPSA) is 38.1 Å². The second kappa shape index (κ2) is 8.30. The smallest absolute Gasteiger partial charge is 0.227 e. The first-order chi connectivity index (χ1) is 14.1. The second-order valence-electron chi connectivity index (χ2n) is 7.19. The van der Waals surface area contributed by atoms with Crippen molar-refractivity contribution in [3.8, 4) is 5.69 Å². The van der Waals surface area contributed by atoms with Crippen molar-refractivity contribution in [2.24, 2.45) is 0 Å². The van der Waals surface area contributed by atoms with E-state index < -0.39 is 29.3 Å². The molecule has 0 aliphatic heterocycles. The quantitative estimate of drug-likeness (QED) is 0.557. The van der Waals surface area contributed by atoms with Gasteiger partial charge in [0.05, 0.1) is 18.2 Å². The first-order valence-corrected chi connectivity index (χ1v) is 9.31. The average molecular weight is 419 g/mol. The standard InChI is InChI=1S/C22H21F4N3O/c1-12-17(14(3)29(27-12)21-8-6-16(23)10-20(21)26)11-22(30)28(4)13(2)15-5-7-18(24)19(25)9-15/h5-10,13H,11H2,1-4H3/t13-/m0/s1. The molecule has 0 unspecified atom stereocenters. The number of benzene rings is 2. The summed E-state index contributed by atoms with van der Waals surface area (Å²) in [5.41, 5.74) is 2.26. The molecular weight excluding hydrogens is 398 g/mol. The van der Waals surface area contributed by atoms with E-state index in [9.17, 15) is 22.4 Å². The van der Waals surface area contributed by atoms with E-state index in [1.165, 1.54) is 21.7 Å². The fraction of sp³-hybridized carbons (Fsp3) is 0.273. The zero-order chi connectivity index (χ0) is 22.2. The van der Waals surface area contributed by atoms with Gasteiger partial charge in [-0.05, 0) is 50.6 Å². The molecule has 1 heterocycles. The Balaban J connectivity index is 1.84. The molecule has 0 saturated heterocycles. The monoisotopic (exact) mass is 419 g/mol. The second-order valence-corrected chi connectivity index (χ2v) is 7.19. The van der Waals surface area contributed by atoms with Crippen LogP contribution in [-0.4, -0.2) is 27.6 Å². The van der Waals surface area contributed by atoms with Gasteiger partial charge in [0.1, 0.15) is 11.5 Å². The largest absolute Gasteiger partial charge is 0.339 e. The fourth-order valence-electron chi connectivity index (χ4n) is 3.31. The van der Waals surface area contributed by atoms with Crippen LogP contribution in [0.15, 0.2) is 36.4 Å². The van der Waals surface area contributed by atoms with Gasteiger partial charge in [-0.15, -0.1) is 0 Å². The van der Waals surface area contributed by atoms with Gasteiger partial charge in [-0.1, -0.05) is 6.07 Å². The molecule has 0 saturated carbocycles. The number of carbonyl (C=O) groups excluding carboxylic acids is 1. The Bertz CT molecular complexity index is 1110. The van der Waals surface area contributed by atoms with Crippen LogP contribution >= 0.6 is 0 Å². The van der Waals surface area contributed by atoms with Crippen molar-refractivity contribution in [3.05, 3.63) is 82.2 Å². The number of carbonyl (C=O) groups is 1. The van der Waals surface area contributed by atoms with Gasteiger partial charge in [-0.3, -0.25) is 4.79 Å². The molecule has 8 heteroatoms. The molecule has 0 aliphatic carbocycles. The van der Waals surface area contributed by atoms with Crippen molar-refractivity contribution in [1.29, 1.82) is 0 Å². The Hall–Kier alpha value is -3.16. The third-order valence-corrected chi connectivity index (χ3v) is 5.31. The van der Waals surface area contributed by atoms with Crippen LogP contribution in [0.3, 0.4) is 0 Å². The van der Waals surface area contributed by atoms with Gasteiger partial charge >= 0.3 is 0 Å². The molecule has 1 amide bonds. The third-order valence-electron chi connectivity index (χ3n) is 5.31. The van der Waals surface area contributed by atoms with E-state index in [2.05, 4.69) is 5.10 Å². The molecule has 0 spiro atoms. The molecule has 158 valence electrons. The number of aromatic nitrogens is 2. The minimum absolute atomic E-state index is 0.00893. The summed E-state index contributed by atoms with van der Waals surface area (Å²) in [7, 11) is 1.57. The van der Waals surface area contributed by atoms with Crippen molar-refractivity contribution >= 4 is 5.91 Å². The molecule has 0 fully saturated rings. The van der Waals surface area contributed by atoms with Gasteiger partial charge in [0.2, 0.25) is 5.91 Å². The predicted octanol–water partition coefficient (Wildman–Crippen LogP) is 4.81. The molecule has 3 rings (SSSR count). The number of amides is 1. The molecule has 0 bridgehead atoms. The van der Waals surface area contributed by atoms with E-state index in [1.807, 2.05) is 0 Å². The summed E-state index contributed by atoms with van der Waals surface area (Å²) in [6.45, 7) is 5.11. The summed E-state index contributed by atoms with van der Waals surface area (Å²) in [6.07, 6.45) is -0.00893. The minimum Gasteiger partial charge on any atom is -0.339 e. The summed E-state index contributed by atoms with van der Waals surface area (Å²) in [4.78, 5) is 14.3. The molecule has 4 nitrogen and oxygen atoms in total. The van der Waals surface area contributed by atoms with Crippen LogP contribution in [0.5, 0.6) is 0 Å². The number of aryl methyl sites for hydroxylation is 1. The van der Waals surface area contributed by atoms with Gasteiger partial charge in [-0.25, -0.2) is 22.2 Å². The van der Waals surface area contributed by atoms with E-state index in [0.717, 1.165) is 24.3 Å². The lowest BCUT2D eigenvalue weighted by molar-refractivity contribution is -0.131. The van der Waals surface area contributed by atoms with Gasteiger partial charge in [0, 0.05) is 24.4 Å². The minimum atomic E-state index is -0.977. The molecule has 30 heavy (non-hydrogen) atoms. The summed E-state index contributed by atoms with van der Waals surface area (Å²) in [5, 5.41) is 4.30. The summed E-state index contributed by atoms with van der Waals surface area (Å²) in [5.74, 6) is -3.65. The van der Waals surface area contributed by atoms with E-state index in [4.69, 9.17) is 0 Å². The zero-order valence-electron chi connectivity index (χ0n) is 17.0. The number of hydrogen-bond donors (Lipinski definition) is 0.